The zero-order valence-corrected chi connectivity index (χ0v) is 20.8. The fraction of sp³-hybridized carbons (Fsp3) is 0.179. The van der Waals surface area contributed by atoms with Gasteiger partial charge in [0.15, 0.2) is 0 Å². The van der Waals surface area contributed by atoms with Gasteiger partial charge in [-0.1, -0.05) is 91.0 Å². The summed E-state index contributed by atoms with van der Waals surface area (Å²) in [6, 6.07) is 26.0. The molecule has 0 aromatic heterocycles. The minimum absolute atomic E-state index is 0.134. The maximum absolute atomic E-state index is 13.3. The summed E-state index contributed by atoms with van der Waals surface area (Å²) in [7, 11) is -5.98. The van der Waals surface area contributed by atoms with Gasteiger partial charge in [-0.2, -0.15) is 21.6 Å². The van der Waals surface area contributed by atoms with Gasteiger partial charge in [0, 0.05) is 12.5 Å². The van der Waals surface area contributed by atoms with Crippen molar-refractivity contribution in [2.24, 2.45) is 0 Å². The van der Waals surface area contributed by atoms with E-state index in [1.807, 2.05) is 37.3 Å². The first-order chi connectivity index (χ1) is 17.5. The van der Waals surface area contributed by atoms with Crippen LogP contribution in [0.5, 0.6) is 5.75 Å². The third-order valence-electron chi connectivity index (χ3n) is 6.14. The number of hydrogen-bond acceptors (Lipinski definition) is 4. The molecule has 4 aromatic carbocycles. The van der Waals surface area contributed by atoms with E-state index in [9.17, 15) is 26.4 Å². The molecule has 0 saturated carbocycles. The SMILES string of the molecule is CC(=O)N([C@H](c1ccccc1)c1c(OS(=O)(=O)C(F)(F)F)ccc2ccccc12)[C@H](C)c1ccccc1. The van der Waals surface area contributed by atoms with Crippen LogP contribution in [0.25, 0.3) is 10.8 Å². The van der Waals surface area contributed by atoms with E-state index in [1.165, 1.54) is 24.0 Å². The van der Waals surface area contributed by atoms with Gasteiger partial charge in [-0.15, -0.1) is 0 Å². The van der Waals surface area contributed by atoms with Crippen LogP contribution in [0, 0.1) is 0 Å². The number of alkyl halides is 3. The highest BCUT2D eigenvalue weighted by molar-refractivity contribution is 7.88. The van der Waals surface area contributed by atoms with Gasteiger partial charge in [-0.3, -0.25) is 4.79 Å². The van der Waals surface area contributed by atoms with Gasteiger partial charge in [-0.25, -0.2) is 0 Å². The van der Waals surface area contributed by atoms with Crippen molar-refractivity contribution < 1.29 is 30.6 Å². The number of fused-ring (bicyclic) bond motifs is 1. The van der Waals surface area contributed by atoms with Crippen molar-refractivity contribution in [2.75, 3.05) is 0 Å². The van der Waals surface area contributed by atoms with E-state index in [-0.39, 0.29) is 11.5 Å². The second kappa shape index (κ2) is 10.3. The van der Waals surface area contributed by atoms with Gasteiger partial charge < -0.3 is 9.08 Å². The number of hydrogen-bond donors (Lipinski definition) is 0. The Kier molecular flexibility index (Phi) is 7.27. The summed E-state index contributed by atoms with van der Waals surface area (Å²) in [6.07, 6.45) is 0. The van der Waals surface area contributed by atoms with Crippen molar-refractivity contribution >= 4 is 26.8 Å². The number of amides is 1. The van der Waals surface area contributed by atoms with Crippen LogP contribution >= 0.6 is 0 Å². The van der Waals surface area contributed by atoms with E-state index in [0.29, 0.717) is 16.3 Å². The zero-order valence-electron chi connectivity index (χ0n) is 20.0. The predicted molar refractivity (Wildman–Crippen MR) is 135 cm³/mol. The summed E-state index contributed by atoms with van der Waals surface area (Å²) in [5.41, 5.74) is -4.12. The molecule has 5 nitrogen and oxygen atoms in total. The fourth-order valence-corrected chi connectivity index (χ4v) is 4.94. The van der Waals surface area contributed by atoms with E-state index in [1.54, 1.807) is 54.6 Å². The van der Waals surface area contributed by atoms with E-state index in [0.717, 1.165) is 5.56 Å². The van der Waals surface area contributed by atoms with Gasteiger partial charge in [0.25, 0.3) is 0 Å². The molecule has 0 aliphatic carbocycles. The second-order valence-electron chi connectivity index (χ2n) is 8.51. The van der Waals surface area contributed by atoms with E-state index < -0.39 is 33.5 Å². The number of carbonyl (C=O) groups excluding carboxylic acids is 1. The monoisotopic (exact) mass is 527 g/mol. The lowest BCUT2D eigenvalue weighted by Crippen LogP contribution is -2.37. The van der Waals surface area contributed by atoms with Crippen LogP contribution in [0.15, 0.2) is 97.1 Å². The molecule has 0 radical (unpaired) electrons. The Hall–Kier alpha value is -3.85. The van der Waals surface area contributed by atoms with Crippen molar-refractivity contribution in [1.82, 2.24) is 4.90 Å². The quantitative estimate of drug-likeness (QED) is 0.197. The van der Waals surface area contributed by atoms with Crippen LogP contribution in [0.1, 0.15) is 42.6 Å². The molecule has 0 heterocycles. The van der Waals surface area contributed by atoms with Crippen molar-refractivity contribution in [3.05, 3.63) is 114 Å². The summed E-state index contributed by atoms with van der Waals surface area (Å²) >= 11 is 0. The third kappa shape index (κ3) is 5.32. The smallest absolute Gasteiger partial charge is 0.376 e. The van der Waals surface area contributed by atoms with Crippen LogP contribution in [0.4, 0.5) is 13.2 Å². The molecular formula is C28H24F3NO4S. The Morgan fingerprint density at radius 2 is 1.35 bits per heavy atom. The van der Waals surface area contributed by atoms with Gasteiger partial charge >= 0.3 is 15.6 Å². The Bertz CT molecular complexity index is 1510. The molecule has 0 N–H and O–H groups in total. The van der Waals surface area contributed by atoms with Crippen molar-refractivity contribution in [3.63, 3.8) is 0 Å². The van der Waals surface area contributed by atoms with Crippen molar-refractivity contribution in [2.45, 2.75) is 31.4 Å². The highest BCUT2D eigenvalue weighted by Gasteiger charge is 2.49. The molecule has 9 heteroatoms. The molecule has 0 saturated heterocycles. The van der Waals surface area contributed by atoms with Crippen LogP contribution in [0.3, 0.4) is 0 Å². The standard InChI is InChI=1S/C28H24F3NO4S/c1-19(21-11-5-3-6-12-21)32(20(2)33)27(23-14-7-4-8-15-23)26-24-16-10-9-13-22(24)17-18-25(26)36-37(34,35)28(29,30)31/h3-19,27H,1-2H3/t19-,27-/m1/s1. The Morgan fingerprint density at radius 1 is 0.811 bits per heavy atom. The minimum Gasteiger partial charge on any atom is -0.376 e. The molecule has 0 unspecified atom stereocenters. The summed E-state index contributed by atoms with van der Waals surface area (Å²) in [6.45, 7) is 3.18. The van der Waals surface area contributed by atoms with Crippen molar-refractivity contribution in [1.29, 1.82) is 0 Å². The highest BCUT2D eigenvalue weighted by atomic mass is 32.2. The Labute approximate surface area is 213 Å². The first-order valence-electron chi connectivity index (χ1n) is 11.4. The maximum atomic E-state index is 13.3. The molecule has 0 bridgehead atoms. The lowest BCUT2D eigenvalue weighted by atomic mass is 9.90. The van der Waals surface area contributed by atoms with Crippen molar-refractivity contribution in [3.8, 4) is 5.75 Å². The van der Waals surface area contributed by atoms with Gasteiger partial charge in [-0.05, 0) is 34.9 Å². The first-order valence-corrected chi connectivity index (χ1v) is 12.8. The van der Waals surface area contributed by atoms with E-state index in [2.05, 4.69) is 0 Å². The lowest BCUT2D eigenvalue weighted by molar-refractivity contribution is -0.133. The normalized spacial score (nSPS) is 13.6. The number of carbonyl (C=O) groups is 1. The number of halogens is 3. The summed E-state index contributed by atoms with van der Waals surface area (Å²) in [4.78, 5) is 14.8. The molecule has 0 fully saturated rings. The van der Waals surface area contributed by atoms with Gasteiger partial charge in [0.2, 0.25) is 5.91 Å². The van der Waals surface area contributed by atoms with Crippen LogP contribution < -0.4 is 4.18 Å². The maximum Gasteiger partial charge on any atom is 0.534 e. The number of rotatable bonds is 7. The highest BCUT2D eigenvalue weighted by Crippen LogP contribution is 2.44. The van der Waals surface area contributed by atoms with E-state index in [4.69, 9.17) is 4.18 Å². The minimum atomic E-state index is -5.98. The number of benzene rings is 4. The molecule has 1 amide bonds. The summed E-state index contributed by atoms with van der Waals surface area (Å²) < 4.78 is 69.0. The van der Waals surface area contributed by atoms with Crippen LogP contribution in [0.2, 0.25) is 0 Å². The molecule has 37 heavy (non-hydrogen) atoms. The molecular weight excluding hydrogens is 503 g/mol. The predicted octanol–water partition coefficient (Wildman–Crippen LogP) is 6.77. The summed E-state index contributed by atoms with van der Waals surface area (Å²) in [5, 5.41) is 1.10. The Balaban J connectivity index is 2.04. The molecule has 0 aliphatic heterocycles. The van der Waals surface area contributed by atoms with Gasteiger partial charge in [0.1, 0.15) is 5.75 Å². The topological polar surface area (TPSA) is 63.7 Å². The number of nitrogens with zero attached hydrogens (tertiary/aromatic N) is 1. The average molecular weight is 528 g/mol. The van der Waals surface area contributed by atoms with Gasteiger partial charge in [0.05, 0.1) is 12.1 Å². The molecule has 4 rings (SSSR count). The third-order valence-corrected chi connectivity index (χ3v) is 7.11. The zero-order chi connectivity index (χ0) is 26.8. The summed E-state index contributed by atoms with van der Waals surface area (Å²) in [5.74, 6) is -0.862. The molecule has 2 atom stereocenters. The molecule has 0 spiro atoms. The second-order valence-corrected chi connectivity index (χ2v) is 10.0. The van der Waals surface area contributed by atoms with Crippen LogP contribution in [-0.4, -0.2) is 24.7 Å². The first kappa shape index (κ1) is 26.2. The fourth-order valence-electron chi connectivity index (χ4n) is 4.47. The van der Waals surface area contributed by atoms with Crippen LogP contribution in [-0.2, 0) is 14.9 Å². The lowest BCUT2D eigenvalue weighted by Gasteiger charge is -2.38. The largest absolute Gasteiger partial charge is 0.534 e. The average Bonchev–Trinajstić information content (AvgIpc) is 2.87. The van der Waals surface area contributed by atoms with E-state index >= 15 is 0 Å². The molecule has 4 aromatic rings. The molecule has 0 aliphatic rings. The Morgan fingerprint density at radius 3 is 1.92 bits per heavy atom. The molecule has 192 valence electrons.